The van der Waals surface area contributed by atoms with Crippen molar-refractivity contribution < 1.29 is 0 Å². The number of nitrogens with zero attached hydrogens (tertiary/aromatic N) is 2. The molecule has 2 heterocycles. The Hall–Kier alpha value is -0.930. The Bertz CT molecular complexity index is 495. The fraction of sp³-hybridized carbons (Fsp3) is 0.722. The maximum atomic E-state index is 4.23. The van der Waals surface area contributed by atoms with Crippen LogP contribution in [0, 0.1) is 18.8 Å². The lowest BCUT2D eigenvalue weighted by molar-refractivity contribution is 0.0461. The van der Waals surface area contributed by atoms with Gasteiger partial charge in [-0.2, -0.15) is 0 Å². The van der Waals surface area contributed by atoms with E-state index in [4.69, 9.17) is 0 Å². The molecular formula is C18H29N3. The fourth-order valence-electron chi connectivity index (χ4n) is 3.78. The standard InChI is InChI=1S/C18H29N3/c1-13(2)17-10-20-18(4,16-5-6-16)12-21(17)11-15-7-8-19-9-14(15)3/h7-9,13,16-17,20H,5-6,10-12H2,1-4H3. The molecule has 1 saturated heterocycles. The Labute approximate surface area is 129 Å². The van der Waals surface area contributed by atoms with Gasteiger partial charge in [-0.1, -0.05) is 13.8 Å². The van der Waals surface area contributed by atoms with Crippen LogP contribution in [0.5, 0.6) is 0 Å². The lowest BCUT2D eigenvalue weighted by atomic mass is 9.87. The molecule has 2 aliphatic rings. The van der Waals surface area contributed by atoms with Gasteiger partial charge in [0, 0.05) is 43.6 Å². The van der Waals surface area contributed by atoms with Crippen molar-refractivity contribution >= 4 is 0 Å². The zero-order chi connectivity index (χ0) is 15.0. The zero-order valence-corrected chi connectivity index (χ0v) is 13.9. The molecule has 0 bridgehead atoms. The molecule has 1 saturated carbocycles. The van der Waals surface area contributed by atoms with Crippen LogP contribution >= 0.6 is 0 Å². The molecule has 0 amide bonds. The Morgan fingerprint density at radius 1 is 1.43 bits per heavy atom. The molecule has 1 aromatic rings. The molecule has 1 aromatic heterocycles. The predicted octanol–water partition coefficient (Wildman–Crippen LogP) is 2.99. The molecule has 0 aromatic carbocycles. The van der Waals surface area contributed by atoms with Gasteiger partial charge in [0.1, 0.15) is 0 Å². The van der Waals surface area contributed by atoms with Gasteiger partial charge in [0.2, 0.25) is 0 Å². The van der Waals surface area contributed by atoms with Crippen LogP contribution in [0.15, 0.2) is 18.5 Å². The van der Waals surface area contributed by atoms with E-state index in [9.17, 15) is 0 Å². The molecule has 3 heteroatoms. The molecule has 2 atom stereocenters. The molecule has 3 rings (SSSR count). The van der Waals surface area contributed by atoms with Gasteiger partial charge in [-0.25, -0.2) is 0 Å². The van der Waals surface area contributed by atoms with Gasteiger partial charge in [0.25, 0.3) is 0 Å². The number of aromatic nitrogens is 1. The van der Waals surface area contributed by atoms with Crippen LogP contribution in [0.1, 0.15) is 44.7 Å². The van der Waals surface area contributed by atoms with Crippen LogP contribution in [0.2, 0.25) is 0 Å². The lowest BCUT2D eigenvalue weighted by Crippen LogP contribution is -2.64. The van der Waals surface area contributed by atoms with Crippen LogP contribution in [0.3, 0.4) is 0 Å². The topological polar surface area (TPSA) is 28.2 Å². The monoisotopic (exact) mass is 287 g/mol. The molecule has 1 aliphatic carbocycles. The van der Waals surface area contributed by atoms with Crippen molar-refractivity contribution in [3.63, 3.8) is 0 Å². The number of rotatable bonds is 4. The van der Waals surface area contributed by atoms with Gasteiger partial charge in [-0.15, -0.1) is 0 Å². The number of hydrogen-bond donors (Lipinski definition) is 1. The summed E-state index contributed by atoms with van der Waals surface area (Å²) in [6.45, 7) is 12.6. The number of aryl methyl sites for hydroxylation is 1. The molecule has 1 N–H and O–H groups in total. The minimum Gasteiger partial charge on any atom is -0.308 e. The summed E-state index contributed by atoms with van der Waals surface area (Å²) in [5, 5.41) is 3.87. The van der Waals surface area contributed by atoms with Gasteiger partial charge in [0.15, 0.2) is 0 Å². The average Bonchev–Trinajstić information content (AvgIpc) is 3.26. The predicted molar refractivity (Wildman–Crippen MR) is 87.1 cm³/mol. The molecule has 2 fully saturated rings. The van der Waals surface area contributed by atoms with Crippen LogP contribution in [-0.2, 0) is 6.54 Å². The van der Waals surface area contributed by atoms with E-state index in [1.807, 2.05) is 12.4 Å². The normalized spacial score (nSPS) is 30.8. The molecule has 116 valence electrons. The van der Waals surface area contributed by atoms with Crippen LogP contribution in [0.4, 0.5) is 0 Å². The number of nitrogens with one attached hydrogen (secondary N) is 1. The van der Waals surface area contributed by atoms with Crippen molar-refractivity contribution in [2.45, 2.75) is 58.7 Å². The largest absolute Gasteiger partial charge is 0.308 e. The molecule has 3 nitrogen and oxygen atoms in total. The van der Waals surface area contributed by atoms with E-state index >= 15 is 0 Å². The van der Waals surface area contributed by atoms with Crippen molar-refractivity contribution in [3.8, 4) is 0 Å². The summed E-state index contributed by atoms with van der Waals surface area (Å²) in [7, 11) is 0. The summed E-state index contributed by atoms with van der Waals surface area (Å²) in [5.41, 5.74) is 3.05. The van der Waals surface area contributed by atoms with Gasteiger partial charge >= 0.3 is 0 Å². The minimum atomic E-state index is 0.312. The summed E-state index contributed by atoms with van der Waals surface area (Å²) in [6, 6.07) is 2.81. The zero-order valence-electron chi connectivity index (χ0n) is 13.9. The first-order chi connectivity index (χ1) is 9.99. The van der Waals surface area contributed by atoms with E-state index in [0.29, 0.717) is 17.5 Å². The molecule has 2 unspecified atom stereocenters. The quantitative estimate of drug-likeness (QED) is 0.923. The molecule has 1 aliphatic heterocycles. The Morgan fingerprint density at radius 2 is 2.19 bits per heavy atom. The SMILES string of the molecule is Cc1cnccc1CN1CC(C)(C2CC2)NCC1C(C)C. The van der Waals surface area contributed by atoms with Crippen molar-refractivity contribution in [1.29, 1.82) is 0 Å². The van der Waals surface area contributed by atoms with Crippen molar-refractivity contribution in [3.05, 3.63) is 29.6 Å². The van der Waals surface area contributed by atoms with Gasteiger partial charge in [0.05, 0.1) is 0 Å². The molecule has 0 radical (unpaired) electrons. The summed E-state index contributed by atoms with van der Waals surface area (Å²) in [6.07, 6.45) is 6.72. The first kappa shape index (κ1) is 15.0. The third-order valence-electron chi connectivity index (χ3n) is 5.47. The highest BCUT2D eigenvalue weighted by Crippen LogP contribution is 2.42. The highest BCUT2D eigenvalue weighted by Gasteiger charge is 2.46. The molecule has 0 spiro atoms. The Balaban J connectivity index is 1.79. The maximum absolute atomic E-state index is 4.23. The Kier molecular flexibility index (Phi) is 4.06. The van der Waals surface area contributed by atoms with Crippen LogP contribution in [-0.4, -0.2) is 34.6 Å². The second kappa shape index (κ2) is 5.69. The lowest BCUT2D eigenvalue weighted by Gasteiger charge is -2.48. The number of piperazine rings is 1. The van der Waals surface area contributed by atoms with Crippen molar-refractivity contribution in [1.82, 2.24) is 15.2 Å². The van der Waals surface area contributed by atoms with E-state index in [-0.39, 0.29) is 0 Å². The van der Waals surface area contributed by atoms with Crippen LogP contribution < -0.4 is 5.32 Å². The van der Waals surface area contributed by atoms with Crippen LogP contribution in [0.25, 0.3) is 0 Å². The highest BCUT2D eigenvalue weighted by molar-refractivity contribution is 5.22. The number of pyridine rings is 1. The first-order valence-corrected chi connectivity index (χ1v) is 8.38. The van der Waals surface area contributed by atoms with E-state index < -0.39 is 0 Å². The maximum Gasteiger partial charge on any atom is 0.0309 e. The Morgan fingerprint density at radius 3 is 2.81 bits per heavy atom. The second-order valence-corrected chi connectivity index (χ2v) is 7.59. The smallest absolute Gasteiger partial charge is 0.0309 e. The average molecular weight is 287 g/mol. The van der Waals surface area contributed by atoms with E-state index in [1.54, 1.807) is 0 Å². The highest BCUT2D eigenvalue weighted by atomic mass is 15.3. The first-order valence-electron chi connectivity index (χ1n) is 8.38. The summed E-state index contributed by atoms with van der Waals surface area (Å²) < 4.78 is 0. The third-order valence-corrected chi connectivity index (χ3v) is 5.47. The second-order valence-electron chi connectivity index (χ2n) is 7.59. The number of hydrogen-bond acceptors (Lipinski definition) is 3. The van der Waals surface area contributed by atoms with E-state index in [2.05, 4.69) is 49.0 Å². The van der Waals surface area contributed by atoms with Crippen molar-refractivity contribution in [2.24, 2.45) is 11.8 Å². The van der Waals surface area contributed by atoms with E-state index in [0.717, 1.165) is 19.0 Å². The van der Waals surface area contributed by atoms with Gasteiger partial charge in [-0.05, 0) is 55.7 Å². The summed E-state index contributed by atoms with van der Waals surface area (Å²) in [5.74, 6) is 1.56. The van der Waals surface area contributed by atoms with Gasteiger partial charge < -0.3 is 5.32 Å². The molecular weight excluding hydrogens is 258 g/mol. The van der Waals surface area contributed by atoms with Crippen molar-refractivity contribution in [2.75, 3.05) is 13.1 Å². The third kappa shape index (κ3) is 3.14. The fourth-order valence-corrected chi connectivity index (χ4v) is 3.78. The molecule has 21 heavy (non-hydrogen) atoms. The van der Waals surface area contributed by atoms with E-state index in [1.165, 1.54) is 30.5 Å². The summed E-state index contributed by atoms with van der Waals surface area (Å²) in [4.78, 5) is 6.94. The summed E-state index contributed by atoms with van der Waals surface area (Å²) >= 11 is 0. The van der Waals surface area contributed by atoms with Gasteiger partial charge in [-0.3, -0.25) is 9.88 Å². The minimum absolute atomic E-state index is 0.312.